The van der Waals surface area contributed by atoms with E-state index in [9.17, 15) is 9.90 Å². The van der Waals surface area contributed by atoms with E-state index in [1.165, 1.54) is 0 Å². The van der Waals surface area contributed by atoms with Crippen LogP contribution in [0.2, 0.25) is 0 Å². The standard InChI is InChI=1S/C20H30N2O3/c1-3-20(24)11-4-12-22(15-20)19(23)16-5-7-17(8-6-16)25-18-9-13-21(2)14-10-18/h5-8,18,24H,3-4,9-15H2,1-2H3. The number of likely N-dealkylation sites (tertiary alicyclic amines) is 2. The summed E-state index contributed by atoms with van der Waals surface area (Å²) in [5.41, 5.74) is -0.0680. The van der Waals surface area contributed by atoms with E-state index in [0.29, 0.717) is 18.5 Å². The number of rotatable bonds is 4. The van der Waals surface area contributed by atoms with E-state index in [1.807, 2.05) is 31.2 Å². The molecule has 0 saturated carbocycles. The van der Waals surface area contributed by atoms with Gasteiger partial charge >= 0.3 is 0 Å². The Morgan fingerprint density at radius 2 is 1.92 bits per heavy atom. The van der Waals surface area contributed by atoms with Crippen molar-refractivity contribution in [3.63, 3.8) is 0 Å². The van der Waals surface area contributed by atoms with Crippen LogP contribution < -0.4 is 4.74 Å². The molecule has 1 aromatic carbocycles. The van der Waals surface area contributed by atoms with Crippen LogP contribution in [0.3, 0.4) is 0 Å². The highest BCUT2D eigenvalue weighted by atomic mass is 16.5. The fourth-order valence-corrected chi connectivity index (χ4v) is 3.73. The van der Waals surface area contributed by atoms with Crippen LogP contribution in [0.4, 0.5) is 0 Å². The maximum absolute atomic E-state index is 12.7. The first-order chi connectivity index (χ1) is 12.0. The van der Waals surface area contributed by atoms with Crippen LogP contribution in [0.1, 0.15) is 49.4 Å². The van der Waals surface area contributed by atoms with Crippen molar-refractivity contribution in [2.75, 3.05) is 33.2 Å². The van der Waals surface area contributed by atoms with Crippen LogP contribution in [0, 0.1) is 0 Å². The number of aliphatic hydroxyl groups is 1. The van der Waals surface area contributed by atoms with E-state index in [2.05, 4.69) is 11.9 Å². The molecular weight excluding hydrogens is 316 g/mol. The summed E-state index contributed by atoms with van der Waals surface area (Å²) in [4.78, 5) is 16.8. The van der Waals surface area contributed by atoms with Crippen LogP contribution in [0.5, 0.6) is 5.75 Å². The molecule has 0 bridgehead atoms. The van der Waals surface area contributed by atoms with Crippen molar-refractivity contribution in [3.05, 3.63) is 29.8 Å². The molecule has 25 heavy (non-hydrogen) atoms. The molecule has 2 saturated heterocycles. The first-order valence-electron chi connectivity index (χ1n) is 9.46. The molecular formula is C20H30N2O3. The first kappa shape index (κ1) is 18.2. The van der Waals surface area contributed by atoms with E-state index in [1.54, 1.807) is 4.90 Å². The molecule has 1 unspecified atom stereocenters. The maximum atomic E-state index is 12.7. The fraction of sp³-hybridized carbons (Fsp3) is 0.650. The third-order valence-electron chi connectivity index (χ3n) is 5.57. The number of hydrogen-bond acceptors (Lipinski definition) is 4. The van der Waals surface area contributed by atoms with Gasteiger partial charge in [-0.3, -0.25) is 4.79 Å². The van der Waals surface area contributed by atoms with Crippen LogP contribution in [-0.2, 0) is 0 Å². The van der Waals surface area contributed by atoms with E-state index in [-0.39, 0.29) is 12.0 Å². The molecule has 1 amide bonds. The van der Waals surface area contributed by atoms with Gasteiger partial charge < -0.3 is 19.6 Å². The fourth-order valence-electron chi connectivity index (χ4n) is 3.73. The topological polar surface area (TPSA) is 53.0 Å². The zero-order chi connectivity index (χ0) is 17.9. The number of nitrogens with zero attached hydrogens (tertiary/aromatic N) is 2. The van der Waals surface area contributed by atoms with Gasteiger partial charge in [-0.2, -0.15) is 0 Å². The second kappa shape index (κ2) is 7.75. The molecule has 2 fully saturated rings. The Balaban J connectivity index is 1.59. The average Bonchev–Trinajstić information content (AvgIpc) is 2.64. The minimum Gasteiger partial charge on any atom is -0.490 e. The van der Waals surface area contributed by atoms with Crippen molar-refractivity contribution in [2.24, 2.45) is 0 Å². The van der Waals surface area contributed by atoms with Gasteiger partial charge in [0.25, 0.3) is 5.91 Å². The number of ether oxygens (including phenoxy) is 1. The minimum absolute atomic E-state index is 0.00239. The van der Waals surface area contributed by atoms with Gasteiger partial charge in [-0.15, -0.1) is 0 Å². The van der Waals surface area contributed by atoms with Crippen molar-refractivity contribution >= 4 is 5.91 Å². The first-order valence-corrected chi connectivity index (χ1v) is 9.46. The van der Waals surface area contributed by atoms with Crippen molar-refractivity contribution < 1.29 is 14.6 Å². The quantitative estimate of drug-likeness (QED) is 0.910. The molecule has 0 aliphatic carbocycles. The highest BCUT2D eigenvalue weighted by Gasteiger charge is 2.33. The summed E-state index contributed by atoms with van der Waals surface area (Å²) in [6, 6.07) is 7.46. The Morgan fingerprint density at radius 3 is 2.56 bits per heavy atom. The monoisotopic (exact) mass is 346 g/mol. The third kappa shape index (κ3) is 4.53. The van der Waals surface area contributed by atoms with Crippen LogP contribution in [0.15, 0.2) is 24.3 Å². The second-order valence-corrected chi connectivity index (χ2v) is 7.55. The maximum Gasteiger partial charge on any atom is 0.253 e. The molecule has 0 aromatic heterocycles. The number of piperidine rings is 2. The molecule has 0 radical (unpaired) electrons. The SMILES string of the molecule is CCC1(O)CCCN(C(=O)c2ccc(OC3CCN(C)CC3)cc2)C1. The van der Waals surface area contributed by atoms with Gasteiger partial charge in [-0.1, -0.05) is 6.92 Å². The van der Waals surface area contributed by atoms with Gasteiger partial charge in [0.1, 0.15) is 11.9 Å². The normalized spacial score (nSPS) is 25.8. The number of β-amino-alcohol motifs (C(OH)–C–C–N with tert-alkyl or cyclic N) is 1. The summed E-state index contributed by atoms with van der Waals surface area (Å²) < 4.78 is 6.04. The van der Waals surface area contributed by atoms with Gasteiger partial charge in [-0.25, -0.2) is 0 Å². The predicted octanol–water partition coefficient (Wildman–Crippen LogP) is 2.54. The molecule has 1 N–H and O–H groups in total. The predicted molar refractivity (Wildman–Crippen MR) is 98.0 cm³/mol. The van der Waals surface area contributed by atoms with E-state index < -0.39 is 5.60 Å². The molecule has 2 heterocycles. The number of hydrogen-bond donors (Lipinski definition) is 1. The molecule has 1 aromatic rings. The van der Waals surface area contributed by atoms with E-state index in [4.69, 9.17) is 4.74 Å². The van der Waals surface area contributed by atoms with E-state index in [0.717, 1.165) is 51.1 Å². The molecule has 2 aliphatic rings. The Bertz CT molecular complexity index is 581. The number of amides is 1. The largest absolute Gasteiger partial charge is 0.490 e. The van der Waals surface area contributed by atoms with Gasteiger partial charge in [0.2, 0.25) is 0 Å². The Morgan fingerprint density at radius 1 is 1.24 bits per heavy atom. The number of carbonyl (C=O) groups excluding carboxylic acids is 1. The smallest absolute Gasteiger partial charge is 0.253 e. The Hall–Kier alpha value is -1.59. The molecule has 5 heteroatoms. The van der Waals surface area contributed by atoms with Gasteiger partial charge in [0, 0.05) is 31.7 Å². The van der Waals surface area contributed by atoms with E-state index >= 15 is 0 Å². The summed E-state index contributed by atoms with van der Waals surface area (Å²) in [5, 5.41) is 10.5. The molecule has 0 spiro atoms. The van der Waals surface area contributed by atoms with Crippen LogP contribution in [0.25, 0.3) is 0 Å². The van der Waals surface area contributed by atoms with Crippen LogP contribution in [-0.4, -0.2) is 65.7 Å². The number of benzene rings is 1. The van der Waals surface area contributed by atoms with Crippen LogP contribution >= 0.6 is 0 Å². The van der Waals surface area contributed by atoms with Crippen molar-refractivity contribution in [1.29, 1.82) is 0 Å². The lowest BCUT2D eigenvalue weighted by Gasteiger charge is -2.38. The summed E-state index contributed by atoms with van der Waals surface area (Å²) in [6.45, 7) is 5.25. The lowest BCUT2D eigenvalue weighted by Crippen LogP contribution is -2.49. The van der Waals surface area contributed by atoms with Gasteiger partial charge in [-0.05, 0) is 63.4 Å². The van der Waals surface area contributed by atoms with Crippen molar-refractivity contribution in [3.8, 4) is 5.75 Å². The average molecular weight is 346 g/mol. The summed E-state index contributed by atoms with van der Waals surface area (Å²) >= 11 is 0. The zero-order valence-corrected chi connectivity index (χ0v) is 15.4. The highest BCUT2D eigenvalue weighted by Crippen LogP contribution is 2.26. The lowest BCUT2D eigenvalue weighted by molar-refractivity contribution is -0.0270. The lowest BCUT2D eigenvalue weighted by atomic mass is 9.90. The Kier molecular flexibility index (Phi) is 5.64. The minimum atomic E-state index is -0.731. The second-order valence-electron chi connectivity index (χ2n) is 7.55. The highest BCUT2D eigenvalue weighted by molar-refractivity contribution is 5.94. The molecule has 3 rings (SSSR count). The van der Waals surface area contributed by atoms with Crippen molar-refractivity contribution in [1.82, 2.24) is 9.80 Å². The third-order valence-corrected chi connectivity index (χ3v) is 5.57. The summed E-state index contributed by atoms with van der Waals surface area (Å²) in [7, 11) is 2.14. The Labute approximate surface area is 150 Å². The van der Waals surface area contributed by atoms with Gasteiger partial charge in [0.15, 0.2) is 0 Å². The molecule has 138 valence electrons. The van der Waals surface area contributed by atoms with Crippen molar-refractivity contribution in [2.45, 2.75) is 50.7 Å². The summed E-state index contributed by atoms with van der Waals surface area (Å²) in [5.74, 6) is 0.826. The van der Waals surface area contributed by atoms with Gasteiger partial charge in [0.05, 0.1) is 5.60 Å². The number of carbonyl (C=O) groups is 1. The molecule has 2 aliphatic heterocycles. The zero-order valence-electron chi connectivity index (χ0n) is 15.4. The molecule has 5 nitrogen and oxygen atoms in total. The molecule has 1 atom stereocenters. The summed E-state index contributed by atoms with van der Waals surface area (Å²) in [6.07, 6.45) is 4.66.